The third-order valence-electron chi connectivity index (χ3n) is 12.1. The molecule has 1 heterocycles. The lowest BCUT2D eigenvalue weighted by molar-refractivity contribution is 0.199. The number of hydrogen-bond donors (Lipinski definition) is 0. The first-order chi connectivity index (χ1) is 22.2. The van der Waals surface area contributed by atoms with E-state index in [4.69, 9.17) is 0 Å². The van der Waals surface area contributed by atoms with Gasteiger partial charge in [0.05, 0.1) is 12.1 Å². The highest BCUT2D eigenvalue weighted by atomic mass is 15.2. The maximum Gasteiger partial charge on any atom is 0.0556 e. The van der Waals surface area contributed by atoms with Crippen LogP contribution in [0.4, 0.5) is 0 Å². The van der Waals surface area contributed by atoms with Gasteiger partial charge in [0.25, 0.3) is 0 Å². The summed E-state index contributed by atoms with van der Waals surface area (Å²) >= 11 is 0. The van der Waals surface area contributed by atoms with E-state index in [0.29, 0.717) is 35.8 Å². The van der Waals surface area contributed by atoms with Crippen molar-refractivity contribution in [1.29, 1.82) is 0 Å². The predicted octanol–water partition coefficient (Wildman–Crippen LogP) is 10.3. The Morgan fingerprint density at radius 1 is 0.800 bits per heavy atom. The third kappa shape index (κ3) is 5.60. The highest BCUT2D eigenvalue weighted by Gasteiger charge is 2.48. The maximum absolute atomic E-state index is 2.88. The fourth-order valence-electron chi connectivity index (χ4n) is 9.87. The Bertz CT molecular complexity index is 1530. The molecule has 0 bridgehead atoms. The van der Waals surface area contributed by atoms with Crippen molar-refractivity contribution in [3.05, 3.63) is 144 Å². The molecule has 1 aliphatic heterocycles. The molecule has 1 aromatic carbocycles. The average Bonchev–Trinajstić information content (AvgIpc) is 3.44. The standard InChI is InChI=1S/C43H50N2/c1-31-30-38(44(35-14-6-3-7-15-35)36-24-20-33(21-25-36)32-12-4-2-5-13-32)28-29-39(31)34-22-26-37(27-23-34)45-42-18-10-8-16-40(42)41-17-9-11-19-43(41)45/h2-8,10,12-14,16,18,20,22,24-26,30-31,33,35,39-43H,9,11,15,17,19,21,23,27-29H2,1H3. The predicted molar refractivity (Wildman–Crippen MR) is 188 cm³/mol. The van der Waals surface area contributed by atoms with Crippen molar-refractivity contribution in [2.24, 2.45) is 23.7 Å². The van der Waals surface area contributed by atoms with Gasteiger partial charge in [-0.1, -0.05) is 129 Å². The van der Waals surface area contributed by atoms with Gasteiger partial charge in [0.15, 0.2) is 0 Å². The molecular weight excluding hydrogens is 544 g/mol. The molecule has 6 aliphatic carbocycles. The molecule has 2 heteroatoms. The molecular formula is C43H50N2. The summed E-state index contributed by atoms with van der Waals surface area (Å²) in [4.78, 5) is 5.55. The molecule has 1 saturated heterocycles. The smallest absolute Gasteiger partial charge is 0.0556 e. The van der Waals surface area contributed by atoms with E-state index in [1.807, 2.05) is 0 Å². The van der Waals surface area contributed by atoms with E-state index in [1.165, 1.54) is 61.9 Å². The van der Waals surface area contributed by atoms with Gasteiger partial charge < -0.3 is 9.80 Å². The quantitative estimate of drug-likeness (QED) is 0.323. The molecule has 0 N–H and O–H groups in total. The number of rotatable bonds is 6. The molecule has 45 heavy (non-hydrogen) atoms. The highest BCUT2D eigenvalue weighted by molar-refractivity contribution is 5.38. The van der Waals surface area contributed by atoms with Gasteiger partial charge in [-0.25, -0.2) is 0 Å². The molecule has 8 atom stereocenters. The summed E-state index contributed by atoms with van der Waals surface area (Å²) in [6, 6.07) is 12.7. The van der Waals surface area contributed by atoms with E-state index in [2.05, 4.69) is 132 Å². The van der Waals surface area contributed by atoms with Gasteiger partial charge >= 0.3 is 0 Å². The topological polar surface area (TPSA) is 6.48 Å². The van der Waals surface area contributed by atoms with Crippen LogP contribution in [0.5, 0.6) is 0 Å². The Labute approximate surface area is 271 Å². The Hall–Kier alpha value is -3.52. The van der Waals surface area contributed by atoms with Gasteiger partial charge in [-0.05, 0) is 86.8 Å². The molecule has 232 valence electrons. The molecule has 8 rings (SSSR count). The Kier molecular flexibility index (Phi) is 8.16. The summed E-state index contributed by atoms with van der Waals surface area (Å²) in [5, 5.41) is 0. The summed E-state index contributed by atoms with van der Waals surface area (Å²) in [6.07, 6.45) is 46.5. The monoisotopic (exact) mass is 594 g/mol. The van der Waals surface area contributed by atoms with Crippen molar-refractivity contribution >= 4 is 0 Å². The van der Waals surface area contributed by atoms with Crippen LogP contribution in [0.15, 0.2) is 138 Å². The first-order valence-electron chi connectivity index (χ1n) is 18.0. The van der Waals surface area contributed by atoms with Crippen molar-refractivity contribution in [2.75, 3.05) is 0 Å². The van der Waals surface area contributed by atoms with E-state index in [9.17, 15) is 0 Å². The normalized spacial score (nSPS) is 35.3. The second-order valence-corrected chi connectivity index (χ2v) is 14.5. The Morgan fingerprint density at radius 2 is 1.67 bits per heavy atom. The van der Waals surface area contributed by atoms with Crippen LogP contribution in [0.1, 0.15) is 82.6 Å². The number of nitrogens with zero attached hydrogens (tertiary/aromatic N) is 2. The molecule has 0 radical (unpaired) electrons. The fourth-order valence-corrected chi connectivity index (χ4v) is 9.87. The van der Waals surface area contributed by atoms with Crippen LogP contribution in [0.25, 0.3) is 0 Å². The van der Waals surface area contributed by atoms with Crippen LogP contribution in [0, 0.1) is 23.7 Å². The molecule has 2 fully saturated rings. The number of hydrogen-bond acceptors (Lipinski definition) is 2. The van der Waals surface area contributed by atoms with E-state index in [0.717, 1.165) is 31.2 Å². The molecule has 1 aromatic rings. The molecule has 8 unspecified atom stereocenters. The van der Waals surface area contributed by atoms with Gasteiger partial charge in [-0.3, -0.25) is 0 Å². The number of benzene rings is 1. The Balaban J connectivity index is 1.00. The van der Waals surface area contributed by atoms with Crippen LogP contribution in [-0.4, -0.2) is 27.9 Å². The minimum atomic E-state index is 0.394. The summed E-state index contributed by atoms with van der Waals surface area (Å²) in [7, 11) is 0. The first-order valence-corrected chi connectivity index (χ1v) is 18.0. The minimum absolute atomic E-state index is 0.394. The van der Waals surface area contributed by atoms with E-state index < -0.39 is 0 Å². The zero-order valence-corrected chi connectivity index (χ0v) is 27.1. The lowest BCUT2D eigenvalue weighted by atomic mass is 9.75. The molecule has 0 amide bonds. The van der Waals surface area contributed by atoms with Crippen molar-refractivity contribution in [1.82, 2.24) is 9.80 Å². The Morgan fingerprint density at radius 3 is 2.44 bits per heavy atom. The van der Waals surface area contributed by atoms with E-state index in [1.54, 1.807) is 11.3 Å². The largest absolute Gasteiger partial charge is 0.364 e. The second kappa shape index (κ2) is 12.7. The van der Waals surface area contributed by atoms with Crippen molar-refractivity contribution in [3.63, 3.8) is 0 Å². The summed E-state index contributed by atoms with van der Waals surface area (Å²) in [6.45, 7) is 2.48. The van der Waals surface area contributed by atoms with Crippen LogP contribution in [0.3, 0.4) is 0 Å². The minimum Gasteiger partial charge on any atom is -0.364 e. The molecule has 7 aliphatic rings. The summed E-state index contributed by atoms with van der Waals surface area (Å²) < 4.78 is 0. The highest BCUT2D eigenvalue weighted by Crippen LogP contribution is 2.49. The first kappa shape index (κ1) is 28.9. The fraction of sp³-hybridized carbons (Fsp3) is 0.442. The lowest BCUT2D eigenvalue weighted by Crippen LogP contribution is -2.38. The van der Waals surface area contributed by atoms with Crippen molar-refractivity contribution < 1.29 is 0 Å². The maximum atomic E-state index is 2.88. The zero-order chi connectivity index (χ0) is 30.2. The summed E-state index contributed by atoms with van der Waals surface area (Å²) in [5.74, 6) is 3.23. The van der Waals surface area contributed by atoms with E-state index >= 15 is 0 Å². The van der Waals surface area contributed by atoms with E-state index in [-0.39, 0.29) is 0 Å². The number of likely N-dealkylation sites (tertiary alicyclic amines) is 1. The number of fused-ring (bicyclic) bond motifs is 3. The molecule has 2 nitrogen and oxygen atoms in total. The van der Waals surface area contributed by atoms with Crippen molar-refractivity contribution in [3.8, 4) is 0 Å². The van der Waals surface area contributed by atoms with Crippen LogP contribution in [0.2, 0.25) is 0 Å². The average molecular weight is 595 g/mol. The van der Waals surface area contributed by atoms with Crippen LogP contribution in [-0.2, 0) is 0 Å². The molecule has 0 spiro atoms. The van der Waals surface area contributed by atoms with Crippen LogP contribution < -0.4 is 0 Å². The number of allylic oxidation sites excluding steroid dienone is 13. The van der Waals surface area contributed by atoms with Gasteiger partial charge in [0.1, 0.15) is 0 Å². The molecule has 0 aromatic heterocycles. The van der Waals surface area contributed by atoms with Gasteiger partial charge in [0.2, 0.25) is 0 Å². The van der Waals surface area contributed by atoms with Gasteiger partial charge in [-0.2, -0.15) is 0 Å². The zero-order valence-electron chi connectivity index (χ0n) is 27.1. The van der Waals surface area contributed by atoms with Gasteiger partial charge in [0, 0.05) is 35.0 Å². The van der Waals surface area contributed by atoms with Crippen molar-refractivity contribution in [2.45, 2.75) is 95.2 Å². The summed E-state index contributed by atoms with van der Waals surface area (Å²) in [5.41, 5.74) is 7.61. The lowest BCUT2D eigenvalue weighted by Gasteiger charge is -2.41. The van der Waals surface area contributed by atoms with Gasteiger partial charge in [-0.15, -0.1) is 0 Å². The second-order valence-electron chi connectivity index (χ2n) is 14.5. The van der Waals surface area contributed by atoms with Crippen LogP contribution >= 0.6 is 0 Å². The third-order valence-corrected chi connectivity index (χ3v) is 12.1. The SMILES string of the molecule is CC1C=C(N(C2=CCC(c3ccccc3)C=C2)C2C=CC=CC2)CCC1C1=CC=C(N2C3C=CC=CC3C3CCCCC32)CC1. The molecule has 1 saturated carbocycles.